The van der Waals surface area contributed by atoms with E-state index >= 15 is 0 Å². The molecule has 6 heteroatoms. The van der Waals surface area contributed by atoms with Gasteiger partial charge in [-0.2, -0.15) is 5.10 Å². The summed E-state index contributed by atoms with van der Waals surface area (Å²) >= 11 is 3.52. The number of alkyl halides is 1. The molecule has 1 aliphatic rings. The molecule has 0 radical (unpaired) electrons. The lowest BCUT2D eigenvalue weighted by Crippen LogP contribution is -2.32. The van der Waals surface area contributed by atoms with E-state index in [1.54, 1.807) is 6.33 Å². The summed E-state index contributed by atoms with van der Waals surface area (Å²) in [6.07, 6.45) is 2.91. The van der Waals surface area contributed by atoms with Gasteiger partial charge in [0.2, 0.25) is 0 Å². The van der Waals surface area contributed by atoms with E-state index in [1.165, 1.54) is 13.0 Å². The second-order valence-electron chi connectivity index (χ2n) is 5.37. The Hall–Kier alpha value is -0.460. The number of rotatable bonds is 5. The fourth-order valence-corrected chi connectivity index (χ4v) is 3.05. The van der Waals surface area contributed by atoms with Crippen LogP contribution in [0.1, 0.15) is 32.1 Å². The molecule has 0 N–H and O–H groups in total. The molecule has 1 aromatic rings. The Balaban J connectivity index is 1.90. The number of hydrogen-bond donors (Lipinski definition) is 0. The van der Waals surface area contributed by atoms with Gasteiger partial charge in [0.1, 0.15) is 12.2 Å². The van der Waals surface area contributed by atoms with Crippen LogP contribution in [0, 0.1) is 0 Å². The van der Waals surface area contributed by atoms with Crippen LogP contribution in [0.4, 0.5) is 0 Å². The molecule has 108 valence electrons. The first-order valence-corrected chi connectivity index (χ1v) is 8.22. The van der Waals surface area contributed by atoms with Gasteiger partial charge in [-0.3, -0.25) is 4.90 Å². The lowest BCUT2D eigenvalue weighted by molar-refractivity contribution is 0.248. The number of aromatic nitrogens is 3. The molecule has 0 aromatic carbocycles. The molecule has 0 atom stereocenters. The summed E-state index contributed by atoms with van der Waals surface area (Å²) in [6.45, 7) is 11.0. The van der Waals surface area contributed by atoms with Crippen LogP contribution < -0.4 is 0 Å². The van der Waals surface area contributed by atoms with Crippen LogP contribution >= 0.6 is 15.9 Å². The second-order valence-corrected chi connectivity index (χ2v) is 6.17. The average Bonchev–Trinajstić information content (AvgIpc) is 2.72. The van der Waals surface area contributed by atoms with Gasteiger partial charge >= 0.3 is 0 Å². The van der Waals surface area contributed by atoms with Gasteiger partial charge in [0, 0.05) is 31.0 Å². The van der Waals surface area contributed by atoms with E-state index < -0.39 is 0 Å². The minimum absolute atomic E-state index is 0.384. The molecule has 1 saturated heterocycles. The largest absolute Gasteiger partial charge is 0.301 e. The van der Waals surface area contributed by atoms with Crippen molar-refractivity contribution in [1.82, 2.24) is 24.6 Å². The van der Waals surface area contributed by atoms with Crippen molar-refractivity contribution in [2.24, 2.45) is 0 Å². The Morgan fingerprint density at radius 2 is 1.95 bits per heavy atom. The number of nitrogens with zero attached hydrogens (tertiary/aromatic N) is 5. The molecule has 0 spiro atoms. The molecule has 0 bridgehead atoms. The van der Waals surface area contributed by atoms with Crippen LogP contribution in [-0.4, -0.2) is 62.6 Å². The summed E-state index contributed by atoms with van der Waals surface area (Å²) in [5.74, 6) is 1.09. The molecular weight excluding hydrogens is 306 g/mol. The van der Waals surface area contributed by atoms with E-state index in [0.717, 1.165) is 43.9 Å². The molecule has 0 amide bonds. The Morgan fingerprint density at radius 3 is 2.68 bits per heavy atom. The van der Waals surface area contributed by atoms with Crippen LogP contribution in [0.15, 0.2) is 6.33 Å². The third-order valence-corrected chi connectivity index (χ3v) is 3.94. The summed E-state index contributed by atoms with van der Waals surface area (Å²) in [4.78, 5) is 9.43. The highest BCUT2D eigenvalue weighted by Crippen LogP contribution is 2.10. The molecule has 0 aliphatic carbocycles. The molecular formula is C13H24BrN5. The van der Waals surface area contributed by atoms with E-state index in [1.807, 2.05) is 4.68 Å². The van der Waals surface area contributed by atoms with Crippen molar-refractivity contribution in [3.05, 3.63) is 12.2 Å². The minimum atomic E-state index is 0.384. The first-order valence-electron chi connectivity index (χ1n) is 7.09. The van der Waals surface area contributed by atoms with Crippen molar-refractivity contribution < 1.29 is 0 Å². The SMILES string of the molecule is CC(C)n1ncnc1CN1CCCN(CCBr)CC1. The minimum Gasteiger partial charge on any atom is -0.301 e. The highest BCUT2D eigenvalue weighted by molar-refractivity contribution is 9.09. The Morgan fingerprint density at radius 1 is 1.21 bits per heavy atom. The maximum Gasteiger partial charge on any atom is 0.141 e. The lowest BCUT2D eigenvalue weighted by atomic mass is 10.3. The average molecular weight is 330 g/mol. The Labute approximate surface area is 124 Å². The van der Waals surface area contributed by atoms with E-state index in [4.69, 9.17) is 0 Å². The summed E-state index contributed by atoms with van der Waals surface area (Å²) in [7, 11) is 0. The first-order chi connectivity index (χ1) is 9.20. The van der Waals surface area contributed by atoms with Crippen LogP contribution in [0.3, 0.4) is 0 Å². The molecule has 19 heavy (non-hydrogen) atoms. The quantitative estimate of drug-likeness (QED) is 0.771. The third kappa shape index (κ3) is 4.26. The normalized spacial score (nSPS) is 18.9. The fourth-order valence-electron chi connectivity index (χ4n) is 2.54. The zero-order valence-electron chi connectivity index (χ0n) is 11.9. The molecule has 0 saturated carbocycles. The maximum absolute atomic E-state index is 4.41. The van der Waals surface area contributed by atoms with Gasteiger partial charge in [0.15, 0.2) is 0 Å². The lowest BCUT2D eigenvalue weighted by Gasteiger charge is -2.21. The van der Waals surface area contributed by atoms with Gasteiger partial charge in [-0.1, -0.05) is 15.9 Å². The van der Waals surface area contributed by atoms with E-state index in [2.05, 4.69) is 49.7 Å². The predicted octanol–water partition coefficient (Wildman–Crippen LogP) is 1.76. The van der Waals surface area contributed by atoms with E-state index in [9.17, 15) is 0 Å². The van der Waals surface area contributed by atoms with Crippen LogP contribution in [-0.2, 0) is 6.54 Å². The van der Waals surface area contributed by atoms with Gasteiger partial charge in [0.25, 0.3) is 0 Å². The fraction of sp³-hybridized carbons (Fsp3) is 0.846. The van der Waals surface area contributed by atoms with Gasteiger partial charge < -0.3 is 4.90 Å². The maximum atomic E-state index is 4.41. The molecule has 0 unspecified atom stereocenters. The second kappa shape index (κ2) is 7.36. The van der Waals surface area contributed by atoms with Gasteiger partial charge in [-0.05, 0) is 33.4 Å². The van der Waals surface area contributed by atoms with Crippen molar-refractivity contribution in [1.29, 1.82) is 0 Å². The van der Waals surface area contributed by atoms with Crippen molar-refractivity contribution in [3.8, 4) is 0 Å². The summed E-state index contributed by atoms with van der Waals surface area (Å²) in [5, 5.41) is 5.38. The van der Waals surface area contributed by atoms with Crippen molar-refractivity contribution in [3.63, 3.8) is 0 Å². The molecule has 1 fully saturated rings. The monoisotopic (exact) mass is 329 g/mol. The summed E-state index contributed by atoms with van der Waals surface area (Å²) in [6, 6.07) is 0.384. The molecule has 1 aliphatic heterocycles. The summed E-state index contributed by atoms with van der Waals surface area (Å²) < 4.78 is 2.03. The smallest absolute Gasteiger partial charge is 0.141 e. The molecule has 2 rings (SSSR count). The van der Waals surface area contributed by atoms with Gasteiger partial charge in [0.05, 0.1) is 6.54 Å². The van der Waals surface area contributed by atoms with Gasteiger partial charge in [-0.15, -0.1) is 0 Å². The standard InChI is InChI=1S/C13H24BrN5/c1-12(2)19-13(15-11-16-19)10-18-6-3-5-17(7-4-14)8-9-18/h11-12H,3-10H2,1-2H3. The Bertz CT molecular complexity index is 379. The number of hydrogen-bond acceptors (Lipinski definition) is 4. The van der Waals surface area contributed by atoms with Crippen molar-refractivity contribution in [2.45, 2.75) is 32.9 Å². The molecule has 5 nitrogen and oxygen atoms in total. The van der Waals surface area contributed by atoms with E-state index in [-0.39, 0.29) is 0 Å². The zero-order valence-corrected chi connectivity index (χ0v) is 13.5. The van der Waals surface area contributed by atoms with Crippen LogP contribution in [0.2, 0.25) is 0 Å². The molecule has 1 aromatic heterocycles. The van der Waals surface area contributed by atoms with Crippen molar-refractivity contribution in [2.75, 3.05) is 38.1 Å². The van der Waals surface area contributed by atoms with Crippen molar-refractivity contribution >= 4 is 15.9 Å². The first kappa shape index (κ1) is 14.9. The number of halogens is 1. The third-order valence-electron chi connectivity index (χ3n) is 3.58. The highest BCUT2D eigenvalue weighted by atomic mass is 79.9. The van der Waals surface area contributed by atoms with E-state index in [0.29, 0.717) is 6.04 Å². The van der Waals surface area contributed by atoms with Crippen LogP contribution in [0.5, 0.6) is 0 Å². The van der Waals surface area contributed by atoms with Crippen LogP contribution in [0.25, 0.3) is 0 Å². The highest BCUT2D eigenvalue weighted by Gasteiger charge is 2.17. The topological polar surface area (TPSA) is 37.2 Å². The molecule has 2 heterocycles. The zero-order chi connectivity index (χ0) is 13.7. The predicted molar refractivity (Wildman–Crippen MR) is 80.5 cm³/mol. The van der Waals surface area contributed by atoms with Gasteiger partial charge in [-0.25, -0.2) is 9.67 Å². The Kier molecular flexibility index (Phi) is 5.78. The summed E-state index contributed by atoms with van der Waals surface area (Å²) in [5.41, 5.74) is 0.